The Morgan fingerprint density at radius 3 is 1.20 bits per heavy atom. The van der Waals surface area contributed by atoms with Crippen molar-refractivity contribution in [3.05, 3.63) is 156 Å². The summed E-state index contributed by atoms with van der Waals surface area (Å²) in [5, 5.41) is 5.78. The minimum Gasteiger partial charge on any atom is -0.450 e. The third-order valence-corrected chi connectivity index (χ3v) is 7.51. The Morgan fingerprint density at radius 2 is 0.780 bits per heavy atom. The van der Waals surface area contributed by atoms with Crippen molar-refractivity contribution in [2.45, 2.75) is 19.3 Å². The fourth-order valence-corrected chi connectivity index (χ4v) is 5.44. The van der Waals surface area contributed by atoms with Gasteiger partial charge in [0, 0.05) is 12.8 Å². The molecule has 4 heteroatoms. The first kappa shape index (κ1) is 26.8. The maximum Gasteiger partial charge on any atom is 0.171 e. The third-order valence-electron chi connectivity index (χ3n) is 7.06. The number of thiocarbonyl (C=S) groups is 2. The Morgan fingerprint density at radius 1 is 0.415 bits per heavy atom. The van der Waals surface area contributed by atoms with Gasteiger partial charge in [0.2, 0.25) is 0 Å². The number of benzene rings is 6. The van der Waals surface area contributed by atoms with Gasteiger partial charge in [0.25, 0.3) is 0 Å². The van der Waals surface area contributed by atoms with Gasteiger partial charge in [0.05, 0.1) is 0 Å². The smallest absolute Gasteiger partial charge is 0.171 e. The Labute approximate surface area is 251 Å². The average molecular weight is 569 g/mol. The molecule has 41 heavy (non-hydrogen) atoms. The van der Waals surface area contributed by atoms with Crippen LogP contribution in [0.1, 0.15) is 22.3 Å². The van der Waals surface area contributed by atoms with E-state index in [9.17, 15) is 0 Å². The molecular formula is C37H28O2S2. The molecule has 0 aliphatic heterocycles. The van der Waals surface area contributed by atoms with Gasteiger partial charge in [-0.2, -0.15) is 0 Å². The van der Waals surface area contributed by atoms with E-state index in [4.69, 9.17) is 33.9 Å². The molecule has 0 spiro atoms. The molecule has 0 N–H and O–H groups in total. The van der Waals surface area contributed by atoms with Gasteiger partial charge in [-0.1, -0.05) is 109 Å². The second-order valence-corrected chi connectivity index (χ2v) is 11.0. The van der Waals surface area contributed by atoms with Crippen LogP contribution in [0.5, 0.6) is 11.5 Å². The van der Waals surface area contributed by atoms with Crippen LogP contribution in [0, 0.1) is 0 Å². The predicted molar refractivity (Wildman–Crippen MR) is 177 cm³/mol. The molecule has 0 fully saturated rings. The van der Waals surface area contributed by atoms with Crippen molar-refractivity contribution in [3.63, 3.8) is 0 Å². The molecule has 0 saturated heterocycles. The molecule has 0 aliphatic carbocycles. The quantitative estimate of drug-likeness (QED) is 0.170. The maximum absolute atomic E-state index is 5.95. The Bertz CT molecular complexity index is 1700. The molecule has 2 nitrogen and oxygen atoms in total. The largest absolute Gasteiger partial charge is 0.450 e. The molecule has 0 unspecified atom stereocenters. The Balaban J connectivity index is 0.999. The molecule has 0 amide bonds. The lowest BCUT2D eigenvalue weighted by molar-refractivity contribution is 0.554. The normalized spacial score (nSPS) is 10.9. The van der Waals surface area contributed by atoms with Crippen LogP contribution in [-0.2, 0) is 19.3 Å². The van der Waals surface area contributed by atoms with Crippen LogP contribution in [0.2, 0.25) is 0 Å². The molecular weight excluding hydrogens is 541 g/mol. The minimum atomic E-state index is 0.561. The van der Waals surface area contributed by atoms with Gasteiger partial charge >= 0.3 is 0 Å². The maximum atomic E-state index is 5.95. The van der Waals surface area contributed by atoms with E-state index in [2.05, 4.69) is 84.9 Å². The highest BCUT2D eigenvalue weighted by Gasteiger charge is 2.07. The van der Waals surface area contributed by atoms with Crippen molar-refractivity contribution < 1.29 is 9.47 Å². The summed E-state index contributed by atoms with van der Waals surface area (Å²) in [5.74, 6) is 1.55. The summed E-state index contributed by atoms with van der Waals surface area (Å²) < 4.78 is 11.9. The van der Waals surface area contributed by atoms with Gasteiger partial charge in [-0.25, -0.2) is 0 Å². The fourth-order valence-electron chi connectivity index (χ4n) is 4.92. The molecule has 0 saturated carbocycles. The third kappa shape index (κ3) is 7.04. The molecule has 0 radical (unpaired) electrons. The van der Waals surface area contributed by atoms with Crippen LogP contribution in [0.15, 0.2) is 133 Å². The number of hydrogen-bond donors (Lipinski definition) is 0. The molecule has 0 atom stereocenters. The van der Waals surface area contributed by atoms with Crippen LogP contribution in [0.4, 0.5) is 0 Å². The van der Waals surface area contributed by atoms with E-state index in [0.717, 1.165) is 39.8 Å². The zero-order chi connectivity index (χ0) is 28.0. The van der Waals surface area contributed by atoms with Crippen LogP contribution in [-0.4, -0.2) is 10.1 Å². The molecule has 0 aromatic heterocycles. The summed E-state index contributed by atoms with van der Waals surface area (Å²) in [6.45, 7) is 0. The van der Waals surface area contributed by atoms with Gasteiger partial charge in [-0.15, -0.1) is 0 Å². The summed E-state index contributed by atoms with van der Waals surface area (Å²) in [7, 11) is 0. The van der Waals surface area contributed by atoms with Gasteiger partial charge in [0.1, 0.15) is 11.5 Å². The van der Waals surface area contributed by atoms with Gasteiger partial charge in [-0.05, 0) is 98.9 Å². The lowest BCUT2D eigenvalue weighted by Gasteiger charge is -2.10. The average Bonchev–Trinajstić information content (AvgIpc) is 2.99. The van der Waals surface area contributed by atoms with E-state index in [-0.39, 0.29) is 0 Å². The monoisotopic (exact) mass is 568 g/mol. The zero-order valence-corrected chi connectivity index (χ0v) is 24.1. The molecule has 0 bridgehead atoms. The van der Waals surface area contributed by atoms with E-state index in [0.29, 0.717) is 22.9 Å². The van der Waals surface area contributed by atoms with Crippen molar-refractivity contribution >= 4 is 56.1 Å². The number of hydrogen-bond acceptors (Lipinski definition) is 4. The van der Waals surface area contributed by atoms with E-state index in [1.165, 1.54) is 21.9 Å². The Kier molecular flexibility index (Phi) is 8.13. The van der Waals surface area contributed by atoms with Gasteiger partial charge in [-0.3, -0.25) is 0 Å². The Hall–Kier alpha value is -4.38. The fraction of sp³-hybridized carbons (Fsp3) is 0.0811. The first-order chi connectivity index (χ1) is 20.1. The number of rotatable bonds is 8. The van der Waals surface area contributed by atoms with Gasteiger partial charge < -0.3 is 9.47 Å². The van der Waals surface area contributed by atoms with Crippen molar-refractivity contribution in [3.8, 4) is 11.5 Å². The summed E-state index contributed by atoms with van der Waals surface area (Å²) in [6.07, 6.45) is 2.05. The van der Waals surface area contributed by atoms with Crippen LogP contribution >= 0.6 is 24.4 Å². The van der Waals surface area contributed by atoms with Crippen molar-refractivity contribution in [1.82, 2.24) is 0 Å². The van der Waals surface area contributed by atoms with Gasteiger partial charge in [0.15, 0.2) is 10.1 Å². The zero-order valence-electron chi connectivity index (χ0n) is 22.5. The second kappa shape index (κ2) is 12.4. The van der Waals surface area contributed by atoms with Crippen molar-refractivity contribution in [1.29, 1.82) is 0 Å². The summed E-state index contributed by atoms with van der Waals surface area (Å²) in [6, 6.07) is 45.7. The SMILES string of the molecule is S=C(Cc1ccc(Cc2ccc(CC(=S)Oc3ccc4ccccc4c3)cc2)cc1)Oc1ccc2ccccc2c1. The molecule has 0 aliphatic rings. The first-order valence-corrected chi connectivity index (χ1v) is 14.4. The highest BCUT2D eigenvalue weighted by atomic mass is 32.1. The first-order valence-electron chi connectivity index (χ1n) is 13.6. The second-order valence-electron chi connectivity index (χ2n) is 10.1. The van der Waals surface area contributed by atoms with Crippen LogP contribution < -0.4 is 9.47 Å². The summed E-state index contributed by atoms with van der Waals surface area (Å²) in [5.41, 5.74) is 4.76. The summed E-state index contributed by atoms with van der Waals surface area (Å²) in [4.78, 5) is 0. The standard InChI is InChI=1S/C37H28O2S2/c40-36(38-34-19-17-30-5-1-3-7-32(30)24-34)22-28-13-9-26(10-14-28)21-27-11-15-29(16-12-27)23-37(41)39-35-20-18-31-6-2-4-8-33(31)25-35/h1-20,24-25H,21-23H2. The lowest BCUT2D eigenvalue weighted by atomic mass is 10.0. The highest BCUT2D eigenvalue weighted by Crippen LogP contribution is 2.23. The van der Waals surface area contributed by atoms with E-state index in [1.54, 1.807) is 0 Å². The van der Waals surface area contributed by atoms with Crippen molar-refractivity contribution in [2.75, 3.05) is 0 Å². The topological polar surface area (TPSA) is 18.5 Å². The molecule has 0 heterocycles. The number of fused-ring (bicyclic) bond motifs is 2. The molecule has 6 aromatic carbocycles. The molecule has 200 valence electrons. The lowest BCUT2D eigenvalue weighted by Crippen LogP contribution is -2.09. The van der Waals surface area contributed by atoms with Crippen LogP contribution in [0.3, 0.4) is 0 Å². The van der Waals surface area contributed by atoms with E-state index in [1.807, 2.05) is 48.5 Å². The van der Waals surface area contributed by atoms with E-state index < -0.39 is 0 Å². The highest BCUT2D eigenvalue weighted by molar-refractivity contribution is 7.80. The predicted octanol–water partition coefficient (Wildman–Crippen LogP) is 9.48. The number of ether oxygens (including phenoxy) is 2. The van der Waals surface area contributed by atoms with Crippen molar-refractivity contribution in [2.24, 2.45) is 0 Å². The minimum absolute atomic E-state index is 0.561. The summed E-state index contributed by atoms with van der Waals surface area (Å²) >= 11 is 11.1. The molecule has 6 aromatic rings. The molecule has 6 rings (SSSR count). The van der Waals surface area contributed by atoms with E-state index >= 15 is 0 Å². The van der Waals surface area contributed by atoms with Crippen LogP contribution in [0.25, 0.3) is 21.5 Å².